The number of aryl methyl sites for hydroxylation is 1. The van der Waals surface area contributed by atoms with Gasteiger partial charge in [0.2, 0.25) is 0 Å². The van der Waals surface area contributed by atoms with E-state index in [1.807, 2.05) is 43.3 Å². The van der Waals surface area contributed by atoms with Crippen LogP contribution in [-0.4, -0.2) is 31.3 Å². The van der Waals surface area contributed by atoms with Gasteiger partial charge in [0.05, 0.1) is 17.1 Å². The van der Waals surface area contributed by atoms with Crippen LogP contribution in [0.3, 0.4) is 0 Å². The molecule has 6 nitrogen and oxygen atoms in total. The number of aliphatic imine (C=N–C) groups is 1. The summed E-state index contributed by atoms with van der Waals surface area (Å²) >= 11 is 3.55. The Morgan fingerprint density at radius 1 is 1.26 bits per heavy atom. The zero-order valence-electron chi connectivity index (χ0n) is 14.6. The molecule has 1 aliphatic heterocycles. The number of fused-ring (bicyclic) bond motifs is 3. The number of carbonyl (C=O) groups is 1. The molecule has 1 N–H and O–H groups in total. The molecular weight excluding hydrogens is 408 g/mol. The molecule has 4 rings (SSSR count). The predicted octanol–water partition coefficient (Wildman–Crippen LogP) is 4.10. The first-order valence-corrected chi connectivity index (χ1v) is 9.39. The van der Waals surface area contributed by atoms with Gasteiger partial charge in [-0.2, -0.15) is 0 Å². The molecule has 3 aromatic rings. The highest BCUT2D eigenvalue weighted by Gasteiger charge is 2.28. The van der Waals surface area contributed by atoms with Crippen molar-refractivity contribution in [3.63, 3.8) is 0 Å². The highest BCUT2D eigenvalue weighted by molar-refractivity contribution is 9.10. The molecule has 7 heteroatoms. The Labute approximate surface area is 164 Å². The van der Waals surface area contributed by atoms with Crippen LogP contribution < -0.4 is 0 Å². The molecule has 3 heterocycles. The zero-order chi connectivity index (χ0) is 19.0. The van der Waals surface area contributed by atoms with Gasteiger partial charge in [-0.15, -0.1) is 0 Å². The number of aliphatic carboxylic acids is 1. The van der Waals surface area contributed by atoms with Crippen LogP contribution in [0.2, 0.25) is 0 Å². The van der Waals surface area contributed by atoms with E-state index in [4.69, 9.17) is 10.1 Å². The molecular formula is C20H17BrN4O2. The van der Waals surface area contributed by atoms with E-state index < -0.39 is 5.97 Å². The van der Waals surface area contributed by atoms with Gasteiger partial charge >= 0.3 is 5.97 Å². The van der Waals surface area contributed by atoms with E-state index in [0.29, 0.717) is 6.42 Å². The summed E-state index contributed by atoms with van der Waals surface area (Å²) in [5.74, 6) is -0.0906. The van der Waals surface area contributed by atoms with E-state index in [1.165, 1.54) is 0 Å². The first-order chi connectivity index (χ1) is 13.0. The van der Waals surface area contributed by atoms with Gasteiger partial charge in [0.15, 0.2) is 0 Å². The monoisotopic (exact) mass is 424 g/mol. The van der Waals surface area contributed by atoms with Gasteiger partial charge in [0.1, 0.15) is 11.9 Å². The molecule has 1 aromatic carbocycles. The largest absolute Gasteiger partial charge is 0.481 e. The van der Waals surface area contributed by atoms with Crippen LogP contribution in [-0.2, 0) is 4.79 Å². The number of imidazole rings is 1. The number of nitrogens with zero attached hydrogens (tertiary/aromatic N) is 4. The first kappa shape index (κ1) is 17.6. The predicted molar refractivity (Wildman–Crippen MR) is 105 cm³/mol. The smallest absolute Gasteiger partial charge is 0.303 e. The molecule has 0 saturated heterocycles. The van der Waals surface area contributed by atoms with Crippen molar-refractivity contribution < 1.29 is 9.90 Å². The third kappa shape index (κ3) is 3.30. The number of carboxylic acid groups (broad SMARTS) is 1. The lowest BCUT2D eigenvalue weighted by Gasteiger charge is -2.14. The van der Waals surface area contributed by atoms with Crippen LogP contribution in [0.1, 0.15) is 41.7 Å². The maximum atomic E-state index is 11.2. The average Bonchev–Trinajstić information content (AvgIpc) is 2.97. The number of aromatic nitrogens is 3. The fourth-order valence-corrected chi connectivity index (χ4v) is 3.70. The standard InChI is InChI=1S/C20H17BrN4O2/c1-12-11-23-20-16(6-8-18(26)27)24-19(15-4-2-3-9-22-15)14-10-13(21)5-7-17(14)25(12)20/h2-5,7,9-11,16H,6,8H2,1H3,(H,26,27)/t16-/m0/s1. The van der Waals surface area contributed by atoms with Gasteiger partial charge in [-0.3, -0.25) is 19.3 Å². The van der Waals surface area contributed by atoms with Crippen LogP contribution in [0.25, 0.3) is 5.69 Å². The van der Waals surface area contributed by atoms with Crippen molar-refractivity contribution in [2.75, 3.05) is 0 Å². The molecule has 0 unspecified atom stereocenters. The summed E-state index contributed by atoms with van der Waals surface area (Å²) in [6.45, 7) is 1.99. The summed E-state index contributed by atoms with van der Waals surface area (Å²) in [6, 6.07) is 11.4. The van der Waals surface area contributed by atoms with Gasteiger partial charge in [-0.25, -0.2) is 4.98 Å². The molecule has 0 bridgehead atoms. The second kappa shape index (κ2) is 7.08. The number of rotatable bonds is 4. The van der Waals surface area contributed by atoms with Gasteiger partial charge < -0.3 is 5.11 Å². The molecule has 27 heavy (non-hydrogen) atoms. The molecule has 136 valence electrons. The Hall–Kier alpha value is -2.80. The molecule has 0 aliphatic carbocycles. The fourth-order valence-electron chi connectivity index (χ4n) is 3.34. The lowest BCUT2D eigenvalue weighted by molar-refractivity contribution is -0.137. The number of hydrogen-bond acceptors (Lipinski definition) is 4. The van der Waals surface area contributed by atoms with Crippen molar-refractivity contribution in [3.8, 4) is 5.69 Å². The van der Waals surface area contributed by atoms with Crippen molar-refractivity contribution in [1.82, 2.24) is 14.5 Å². The minimum atomic E-state index is -0.844. The van der Waals surface area contributed by atoms with Crippen LogP contribution in [0.4, 0.5) is 0 Å². The summed E-state index contributed by atoms with van der Waals surface area (Å²) in [5, 5.41) is 9.17. The SMILES string of the molecule is Cc1cnc2n1-c1ccc(Br)cc1C(c1ccccn1)=N[C@H]2CCC(=O)O. The summed E-state index contributed by atoms with van der Waals surface area (Å²) in [7, 11) is 0. The van der Waals surface area contributed by atoms with Crippen molar-refractivity contribution in [1.29, 1.82) is 0 Å². The van der Waals surface area contributed by atoms with Crippen LogP contribution >= 0.6 is 15.9 Å². The lowest BCUT2D eigenvalue weighted by atomic mass is 10.0. The number of carboxylic acids is 1. The lowest BCUT2D eigenvalue weighted by Crippen LogP contribution is -2.09. The topological polar surface area (TPSA) is 80.4 Å². The van der Waals surface area contributed by atoms with Crippen molar-refractivity contribution >= 4 is 27.6 Å². The second-order valence-corrected chi connectivity index (χ2v) is 7.31. The number of hydrogen-bond donors (Lipinski definition) is 1. The summed E-state index contributed by atoms with van der Waals surface area (Å²) in [5.41, 5.74) is 4.37. The molecule has 1 aliphatic rings. The quantitative estimate of drug-likeness (QED) is 0.683. The Morgan fingerprint density at radius 2 is 2.11 bits per heavy atom. The van der Waals surface area contributed by atoms with Crippen molar-refractivity contribution in [2.24, 2.45) is 4.99 Å². The first-order valence-electron chi connectivity index (χ1n) is 8.60. The second-order valence-electron chi connectivity index (χ2n) is 6.40. The third-order valence-corrected chi connectivity index (χ3v) is 5.04. The zero-order valence-corrected chi connectivity index (χ0v) is 16.2. The summed E-state index contributed by atoms with van der Waals surface area (Å²) < 4.78 is 3.00. The van der Waals surface area contributed by atoms with Gasteiger partial charge in [0, 0.05) is 34.5 Å². The highest BCUT2D eigenvalue weighted by Crippen LogP contribution is 2.34. The van der Waals surface area contributed by atoms with E-state index in [-0.39, 0.29) is 12.5 Å². The molecule has 0 saturated carbocycles. The van der Waals surface area contributed by atoms with E-state index in [9.17, 15) is 4.79 Å². The van der Waals surface area contributed by atoms with Crippen LogP contribution in [0.15, 0.2) is 58.3 Å². The fraction of sp³-hybridized carbons (Fsp3) is 0.200. The third-order valence-electron chi connectivity index (χ3n) is 4.54. The van der Waals surface area contributed by atoms with Gasteiger partial charge in [-0.1, -0.05) is 22.0 Å². The van der Waals surface area contributed by atoms with Crippen molar-refractivity contribution in [2.45, 2.75) is 25.8 Å². The van der Waals surface area contributed by atoms with E-state index in [2.05, 4.69) is 30.5 Å². The minimum Gasteiger partial charge on any atom is -0.481 e. The summed E-state index contributed by atoms with van der Waals surface area (Å²) in [4.78, 5) is 25.1. The molecule has 1 atom stereocenters. The summed E-state index contributed by atoms with van der Waals surface area (Å²) in [6.07, 6.45) is 3.93. The van der Waals surface area contributed by atoms with Gasteiger partial charge in [0.25, 0.3) is 0 Å². The Kier molecular flexibility index (Phi) is 4.61. The number of halogens is 1. The Balaban J connectivity index is 1.97. The maximum absolute atomic E-state index is 11.2. The van der Waals surface area contributed by atoms with Crippen LogP contribution in [0, 0.1) is 6.92 Å². The minimum absolute atomic E-state index is 0.0234. The molecule has 0 fully saturated rings. The Morgan fingerprint density at radius 3 is 2.85 bits per heavy atom. The van der Waals surface area contributed by atoms with E-state index >= 15 is 0 Å². The normalized spacial score (nSPS) is 15.5. The molecule has 2 aromatic heterocycles. The number of pyridine rings is 1. The molecule has 0 radical (unpaired) electrons. The van der Waals surface area contributed by atoms with Crippen LogP contribution in [0.5, 0.6) is 0 Å². The van der Waals surface area contributed by atoms with Gasteiger partial charge in [-0.05, 0) is 43.7 Å². The van der Waals surface area contributed by atoms with E-state index in [1.54, 1.807) is 12.4 Å². The Bertz CT molecular complexity index is 1040. The van der Waals surface area contributed by atoms with E-state index in [0.717, 1.165) is 38.6 Å². The highest BCUT2D eigenvalue weighted by atomic mass is 79.9. The van der Waals surface area contributed by atoms with Crippen molar-refractivity contribution in [3.05, 3.63) is 76.0 Å². The average molecular weight is 425 g/mol. The maximum Gasteiger partial charge on any atom is 0.303 e. The molecule has 0 amide bonds. The number of benzene rings is 1. The molecule has 0 spiro atoms.